The number of nitrogens with one attached hydrogen (secondary N) is 2. The molecule has 1 rings (SSSR count). The molecule has 20 heavy (non-hydrogen) atoms. The lowest BCUT2D eigenvalue weighted by Crippen LogP contribution is -2.28. The SMILES string of the molecule is CNC(=O)CCN(C)c1ccc(Cl)cc1CNC(C)C. The van der Waals surface area contributed by atoms with Crippen molar-refractivity contribution in [2.24, 2.45) is 0 Å². The highest BCUT2D eigenvalue weighted by molar-refractivity contribution is 6.30. The number of amides is 1. The van der Waals surface area contributed by atoms with E-state index in [2.05, 4.69) is 29.4 Å². The third-order valence-electron chi connectivity index (χ3n) is 3.11. The molecule has 0 spiro atoms. The van der Waals surface area contributed by atoms with Gasteiger partial charge in [0.1, 0.15) is 0 Å². The van der Waals surface area contributed by atoms with E-state index in [1.807, 2.05) is 25.2 Å². The standard InChI is InChI=1S/C15H24ClN3O/c1-11(2)18-10-12-9-13(16)5-6-14(12)19(4)8-7-15(20)17-3/h5-6,9,11,18H,7-8,10H2,1-4H3,(H,17,20). The van der Waals surface area contributed by atoms with Crippen molar-refractivity contribution in [1.29, 1.82) is 0 Å². The van der Waals surface area contributed by atoms with Gasteiger partial charge in [-0.2, -0.15) is 0 Å². The van der Waals surface area contributed by atoms with Gasteiger partial charge >= 0.3 is 0 Å². The van der Waals surface area contributed by atoms with Gasteiger partial charge in [-0.3, -0.25) is 4.79 Å². The summed E-state index contributed by atoms with van der Waals surface area (Å²) < 4.78 is 0. The molecule has 0 aromatic heterocycles. The summed E-state index contributed by atoms with van der Waals surface area (Å²) in [5.41, 5.74) is 2.25. The van der Waals surface area contributed by atoms with E-state index in [0.29, 0.717) is 19.0 Å². The fraction of sp³-hybridized carbons (Fsp3) is 0.533. The van der Waals surface area contributed by atoms with Crippen molar-refractivity contribution < 1.29 is 4.79 Å². The third kappa shape index (κ3) is 5.39. The van der Waals surface area contributed by atoms with Gasteiger partial charge in [0.05, 0.1) is 0 Å². The maximum atomic E-state index is 11.3. The monoisotopic (exact) mass is 297 g/mol. The van der Waals surface area contributed by atoms with Gasteiger partial charge in [-0.15, -0.1) is 0 Å². The van der Waals surface area contributed by atoms with Crippen molar-refractivity contribution in [1.82, 2.24) is 10.6 Å². The van der Waals surface area contributed by atoms with Gasteiger partial charge in [0.25, 0.3) is 0 Å². The minimum Gasteiger partial charge on any atom is -0.374 e. The quantitative estimate of drug-likeness (QED) is 0.812. The maximum Gasteiger partial charge on any atom is 0.221 e. The molecule has 0 aliphatic heterocycles. The normalized spacial score (nSPS) is 10.7. The molecule has 1 aromatic carbocycles. The van der Waals surface area contributed by atoms with Gasteiger partial charge < -0.3 is 15.5 Å². The molecule has 0 saturated carbocycles. The summed E-state index contributed by atoms with van der Waals surface area (Å²) in [6.45, 7) is 5.66. The largest absolute Gasteiger partial charge is 0.374 e. The first-order valence-electron chi connectivity index (χ1n) is 6.87. The van der Waals surface area contributed by atoms with Crippen LogP contribution in [-0.2, 0) is 11.3 Å². The van der Waals surface area contributed by atoms with E-state index < -0.39 is 0 Å². The van der Waals surface area contributed by atoms with E-state index in [0.717, 1.165) is 22.8 Å². The van der Waals surface area contributed by atoms with Crippen LogP contribution in [0.4, 0.5) is 5.69 Å². The predicted molar refractivity (Wildman–Crippen MR) is 85.4 cm³/mol. The van der Waals surface area contributed by atoms with Crippen LogP contribution in [0.2, 0.25) is 5.02 Å². The average Bonchev–Trinajstić information content (AvgIpc) is 2.42. The number of anilines is 1. The van der Waals surface area contributed by atoms with Crippen LogP contribution in [0.15, 0.2) is 18.2 Å². The number of nitrogens with zero attached hydrogens (tertiary/aromatic N) is 1. The molecular weight excluding hydrogens is 274 g/mol. The third-order valence-corrected chi connectivity index (χ3v) is 3.34. The van der Waals surface area contributed by atoms with Gasteiger partial charge in [-0.1, -0.05) is 25.4 Å². The van der Waals surface area contributed by atoms with Gasteiger partial charge in [-0.25, -0.2) is 0 Å². The summed E-state index contributed by atoms with van der Waals surface area (Å²) in [7, 11) is 3.65. The minimum atomic E-state index is 0.0488. The first-order chi connectivity index (χ1) is 9.43. The summed E-state index contributed by atoms with van der Waals surface area (Å²) in [6, 6.07) is 6.27. The Morgan fingerprint density at radius 1 is 1.40 bits per heavy atom. The highest BCUT2D eigenvalue weighted by atomic mass is 35.5. The Bertz CT molecular complexity index is 449. The van der Waals surface area contributed by atoms with Crippen LogP contribution in [-0.4, -0.2) is 32.6 Å². The Morgan fingerprint density at radius 2 is 2.10 bits per heavy atom. The molecule has 4 nitrogen and oxygen atoms in total. The fourth-order valence-corrected chi connectivity index (χ4v) is 2.09. The molecule has 0 bridgehead atoms. The van der Waals surface area contributed by atoms with Gasteiger partial charge in [0.15, 0.2) is 0 Å². The molecule has 1 aromatic rings. The molecule has 0 heterocycles. The number of halogens is 1. The summed E-state index contributed by atoms with van der Waals surface area (Å²) in [5, 5.41) is 6.76. The van der Waals surface area contributed by atoms with Gasteiger partial charge in [-0.05, 0) is 23.8 Å². The molecule has 0 aliphatic carbocycles. The van der Waals surface area contributed by atoms with Gasteiger partial charge in [0, 0.05) is 50.4 Å². The Labute approximate surface area is 126 Å². The number of hydrogen-bond acceptors (Lipinski definition) is 3. The van der Waals surface area contributed by atoms with E-state index in [-0.39, 0.29) is 5.91 Å². The maximum absolute atomic E-state index is 11.3. The average molecular weight is 298 g/mol. The van der Waals surface area contributed by atoms with E-state index in [4.69, 9.17) is 11.6 Å². The number of carbonyl (C=O) groups is 1. The lowest BCUT2D eigenvalue weighted by molar-refractivity contribution is -0.120. The highest BCUT2D eigenvalue weighted by Crippen LogP contribution is 2.23. The molecule has 1 amide bonds. The molecule has 5 heteroatoms. The van der Waals surface area contributed by atoms with Gasteiger partial charge in [0.2, 0.25) is 5.91 Å². The second kappa shape index (κ2) is 8.12. The zero-order valence-electron chi connectivity index (χ0n) is 12.7. The van der Waals surface area contributed by atoms with Crippen molar-refractivity contribution in [3.05, 3.63) is 28.8 Å². The summed E-state index contributed by atoms with van der Waals surface area (Å²) in [5.74, 6) is 0.0488. The van der Waals surface area contributed by atoms with Crippen molar-refractivity contribution in [3.8, 4) is 0 Å². The fourth-order valence-electron chi connectivity index (χ4n) is 1.90. The number of rotatable bonds is 7. The van der Waals surface area contributed by atoms with Crippen LogP contribution in [0.3, 0.4) is 0 Å². The Morgan fingerprint density at radius 3 is 2.70 bits per heavy atom. The zero-order valence-corrected chi connectivity index (χ0v) is 13.4. The smallest absolute Gasteiger partial charge is 0.221 e. The first-order valence-corrected chi connectivity index (χ1v) is 7.25. The van der Waals surface area contributed by atoms with Crippen LogP contribution in [0, 0.1) is 0 Å². The number of benzene rings is 1. The van der Waals surface area contributed by atoms with E-state index in [9.17, 15) is 4.79 Å². The molecule has 2 N–H and O–H groups in total. The van der Waals surface area contributed by atoms with Crippen molar-refractivity contribution >= 4 is 23.2 Å². The summed E-state index contributed by atoms with van der Waals surface area (Å²) in [6.07, 6.45) is 0.479. The molecule has 0 saturated heterocycles. The lowest BCUT2D eigenvalue weighted by Gasteiger charge is -2.23. The number of carbonyl (C=O) groups excluding carboxylic acids is 1. The first kappa shape index (κ1) is 16.8. The van der Waals surface area contributed by atoms with Crippen LogP contribution in [0.5, 0.6) is 0 Å². The van der Waals surface area contributed by atoms with E-state index in [1.54, 1.807) is 7.05 Å². The van der Waals surface area contributed by atoms with Crippen molar-refractivity contribution in [3.63, 3.8) is 0 Å². The molecular formula is C15H24ClN3O. The summed E-state index contributed by atoms with van der Waals surface area (Å²) in [4.78, 5) is 13.4. The van der Waals surface area contributed by atoms with Crippen LogP contribution < -0.4 is 15.5 Å². The Kier molecular flexibility index (Phi) is 6.82. The number of hydrogen-bond donors (Lipinski definition) is 2. The molecule has 112 valence electrons. The van der Waals surface area contributed by atoms with E-state index in [1.165, 1.54) is 0 Å². The Hall–Kier alpha value is -1.26. The molecule has 0 radical (unpaired) electrons. The second-order valence-corrected chi connectivity index (χ2v) is 5.59. The Balaban J connectivity index is 2.78. The van der Waals surface area contributed by atoms with Crippen LogP contribution in [0.1, 0.15) is 25.8 Å². The van der Waals surface area contributed by atoms with E-state index >= 15 is 0 Å². The topological polar surface area (TPSA) is 44.4 Å². The molecule has 0 unspecified atom stereocenters. The van der Waals surface area contributed by atoms with Crippen LogP contribution >= 0.6 is 11.6 Å². The molecule has 0 fully saturated rings. The van der Waals surface area contributed by atoms with Crippen LogP contribution in [0.25, 0.3) is 0 Å². The zero-order chi connectivity index (χ0) is 15.1. The molecule has 0 atom stereocenters. The molecule has 0 aliphatic rings. The lowest BCUT2D eigenvalue weighted by atomic mass is 10.1. The summed E-state index contributed by atoms with van der Waals surface area (Å²) >= 11 is 6.08. The second-order valence-electron chi connectivity index (χ2n) is 5.15. The predicted octanol–water partition coefficient (Wildman–Crippen LogP) is 2.41. The van der Waals surface area contributed by atoms with Crippen molar-refractivity contribution in [2.45, 2.75) is 32.9 Å². The van der Waals surface area contributed by atoms with Crippen molar-refractivity contribution in [2.75, 3.05) is 25.5 Å². The minimum absolute atomic E-state index is 0.0488. The highest BCUT2D eigenvalue weighted by Gasteiger charge is 2.10.